The molecule has 5 heteroatoms. The molecule has 0 heterocycles. The molecule has 0 aromatic carbocycles. The molecule has 0 bridgehead atoms. The Bertz CT molecular complexity index is 330. The van der Waals surface area contributed by atoms with Crippen molar-refractivity contribution >= 4 is 10.0 Å². The Morgan fingerprint density at radius 2 is 1.75 bits per heavy atom. The molecule has 2 rings (SSSR count). The van der Waals surface area contributed by atoms with E-state index in [4.69, 9.17) is 5.73 Å². The SMILES string of the molecule is NC1(CS(=O)(=O)NC2CCC2)CCCCC1. The van der Waals surface area contributed by atoms with Gasteiger partial charge in [0, 0.05) is 11.6 Å². The number of sulfonamides is 1. The molecule has 0 aromatic heterocycles. The van der Waals surface area contributed by atoms with Crippen molar-refractivity contribution in [2.45, 2.75) is 62.9 Å². The van der Waals surface area contributed by atoms with Crippen LogP contribution < -0.4 is 10.5 Å². The van der Waals surface area contributed by atoms with Crippen molar-refractivity contribution < 1.29 is 8.42 Å². The summed E-state index contributed by atoms with van der Waals surface area (Å²) in [6.45, 7) is 0. The Kier molecular flexibility index (Phi) is 3.56. The van der Waals surface area contributed by atoms with Gasteiger partial charge in [0.25, 0.3) is 0 Å². The summed E-state index contributed by atoms with van der Waals surface area (Å²) in [6, 6.07) is 0.178. The second-order valence-electron chi connectivity index (χ2n) is 5.43. The van der Waals surface area contributed by atoms with Gasteiger partial charge in [-0.3, -0.25) is 0 Å². The summed E-state index contributed by atoms with van der Waals surface area (Å²) in [6.07, 6.45) is 8.12. The minimum Gasteiger partial charge on any atom is -0.324 e. The molecule has 0 unspecified atom stereocenters. The highest BCUT2D eigenvalue weighted by molar-refractivity contribution is 7.89. The highest BCUT2D eigenvalue weighted by Crippen LogP contribution is 2.27. The van der Waals surface area contributed by atoms with Crippen LogP contribution in [0.15, 0.2) is 0 Å². The lowest BCUT2D eigenvalue weighted by molar-refractivity contribution is 0.320. The normalized spacial score (nSPS) is 26.3. The first kappa shape index (κ1) is 12.3. The van der Waals surface area contributed by atoms with Gasteiger partial charge in [-0.1, -0.05) is 25.7 Å². The van der Waals surface area contributed by atoms with Crippen molar-refractivity contribution in [3.63, 3.8) is 0 Å². The van der Waals surface area contributed by atoms with E-state index in [9.17, 15) is 8.42 Å². The van der Waals surface area contributed by atoms with Gasteiger partial charge in [-0.25, -0.2) is 13.1 Å². The fourth-order valence-electron chi connectivity index (χ4n) is 2.60. The maximum absolute atomic E-state index is 11.9. The fourth-order valence-corrected chi connectivity index (χ4v) is 4.47. The molecule has 4 nitrogen and oxygen atoms in total. The zero-order valence-corrected chi connectivity index (χ0v) is 10.6. The van der Waals surface area contributed by atoms with Crippen LogP contribution in [0, 0.1) is 0 Å². The second kappa shape index (κ2) is 4.63. The Labute approximate surface area is 98.0 Å². The molecule has 2 saturated carbocycles. The van der Waals surface area contributed by atoms with Gasteiger partial charge in [0.05, 0.1) is 5.75 Å². The molecule has 2 aliphatic rings. The lowest BCUT2D eigenvalue weighted by Crippen LogP contribution is -2.52. The second-order valence-corrected chi connectivity index (χ2v) is 7.18. The first-order chi connectivity index (χ1) is 7.49. The van der Waals surface area contributed by atoms with Crippen molar-refractivity contribution in [2.24, 2.45) is 5.73 Å². The van der Waals surface area contributed by atoms with Crippen molar-refractivity contribution in [3.8, 4) is 0 Å². The van der Waals surface area contributed by atoms with Crippen LogP contribution in [0.5, 0.6) is 0 Å². The molecule has 0 atom stereocenters. The van der Waals surface area contributed by atoms with Crippen LogP contribution >= 0.6 is 0 Å². The lowest BCUT2D eigenvalue weighted by Gasteiger charge is -2.34. The maximum atomic E-state index is 11.9. The zero-order valence-electron chi connectivity index (χ0n) is 9.74. The van der Waals surface area contributed by atoms with Crippen molar-refractivity contribution in [2.75, 3.05) is 5.75 Å². The monoisotopic (exact) mass is 246 g/mol. The Morgan fingerprint density at radius 3 is 2.25 bits per heavy atom. The van der Waals surface area contributed by atoms with Gasteiger partial charge in [0.15, 0.2) is 0 Å². The summed E-state index contributed by atoms with van der Waals surface area (Å²) in [5, 5.41) is 0. The van der Waals surface area contributed by atoms with Gasteiger partial charge in [0.1, 0.15) is 0 Å². The van der Waals surface area contributed by atoms with Gasteiger partial charge in [-0.05, 0) is 25.7 Å². The summed E-state index contributed by atoms with van der Waals surface area (Å²) < 4.78 is 26.6. The molecule has 3 N–H and O–H groups in total. The predicted molar refractivity (Wildman–Crippen MR) is 64.6 cm³/mol. The molecule has 2 aliphatic carbocycles. The number of rotatable bonds is 4. The van der Waals surface area contributed by atoms with Crippen LogP contribution in [0.2, 0.25) is 0 Å². The first-order valence-electron chi connectivity index (χ1n) is 6.28. The molecular formula is C11H22N2O2S. The van der Waals surface area contributed by atoms with E-state index in [1.54, 1.807) is 0 Å². The van der Waals surface area contributed by atoms with Crippen LogP contribution in [0.1, 0.15) is 51.4 Å². The molecular weight excluding hydrogens is 224 g/mol. The summed E-state index contributed by atoms with van der Waals surface area (Å²) in [5.41, 5.74) is 5.68. The highest BCUT2D eigenvalue weighted by atomic mass is 32.2. The minimum absolute atomic E-state index is 0.108. The Balaban J connectivity index is 1.90. The van der Waals surface area contributed by atoms with Crippen molar-refractivity contribution in [1.82, 2.24) is 4.72 Å². The van der Waals surface area contributed by atoms with E-state index in [0.29, 0.717) is 0 Å². The van der Waals surface area contributed by atoms with Gasteiger partial charge >= 0.3 is 0 Å². The Morgan fingerprint density at radius 1 is 1.12 bits per heavy atom. The van der Waals surface area contributed by atoms with E-state index in [1.165, 1.54) is 6.42 Å². The van der Waals surface area contributed by atoms with Gasteiger partial charge in [-0.2, -0.15) is 0 Å². The third-order valence-electron chi connectivity index (χ3n) is 3.78. The third kappa shape index (κ3) is 3.18. The zero-order chi connectivity index (χ0) is 11.6. The van der Waals surface area contributed by atoms with E-state index >= 15 is 0 Å². The largest absolute Gasteiger partial charge is 0.324 e. The molecule has 0 aromatic rings. The standard InChI is InChI=1S/C11H22N2O2S/c12-11(7-2-1-3-8-11)9-16(14,15)13-10-5-4-6-10/h10,13H,1-9,12H2. The van der Waals surface area contributed by atoms with E-state index in [1.807, 2.05) is 0 Å². The average Bonchev–Trinajstić information content (AvgIpc) is 2.11. The summed E-state index contributed by atoms with van der Waals surface area (Å²) in [7, 11) is -3.17. The lowest BCUT2D eigenvalue weighted by atomic mass is 9.84. The topological polar surface area (TPSA) is 72.2 Å². The van der Waals surface area contributed by atoms with Gasteiger partial charge in [0.2, 0.25) is 10.0 Å². The van der Waals surface area contributed by atoms with Crippen LogP contribution in [0.3, 0.4) is 0 Å². The molecule has 94 valence electrons. The molecule has 0 amide bonds. The van der Waals surface area contributed by atoms with Crippen molar-refractivity contribution in [1.29, 1.82) is 0 Å². The van der Waals surface area contributed by atoms with Gasteiger partial charge < -0.3 is 5.73 Å². The predicted octanol–water partition coefficient (Wildman–Crippen LogP) is 1.12. The summed E-state index contributed by atoms with van der Waals surface area (Å²) in [4.78, 5) is 0. The summed E-state index contributed by atoms with van der Waals surface area (Å²) in [5.74, 6) is 0.108. The van der Waals surface area contributed by atoms with Crippen LogP contribution in [-0.4, -0.2) is 25.8 Å². The molecule has 2 fully saturated rings. The maximum Gasteiger partial charge on any atom is 0.213 e. The average molecular weight is 246 g/mol. The molecule has 0 spiro atoms. The highest BCUT2D eigenvalue weighted by Gasteiger charge is 2.34. The Hall–Kier alpha value is -0.130. The quantitative estimate of drug-likeness (QED) is 0.781. The van der Waals surface area contributed by atoms with Crippen molar-refractivity contribution in [3.05, 3.63) is 0 Å². The number of hydrogen-bond acceptors (Lipinski definition) is 3. The molecule has 16 heavy (non-hydrogen) atoms. The van der Waals surface area contributed by atoms with Crippen LogP contribution in [-0.2, 0) is 10.0 Å². The minimum atomic E-state index is -3.17. The van der Waals surface area contributed by atoms with E-state index in [2.05, 4.69) is 4.72 Å². The van der Waals surface area contributed by atoms with E-state index < -0.39 is 15.6 Å². The molecule has 0 saturated heterocycles. The third-order valence-corrected chi connectivity index (χ3v) is 5.43. The number of nitrogens with one attached hydrogen (secondary N) is 1. The van der Waals surface area contributed by atoms with Gasteiger partial charge in [-0.15, -0.1) is 0 Å². The number of hydrogen-bond donors (Lipinski definition) is 2. The summed E-state index contributed by atoms with van der Waals surface area (Å²) >= 11 is 0. The fraction of sp³-hybridized carbons (Fsp3) is 1.00. The number of nitrogens with two attached hydrogens (primary N) is 1. The molecule has 0 aliphatic heterocycles. The van der Waals surface area contributed by atoms with E-state index in [0.717, 1.165) is 44.9 Å². The smallest absolute Gasteiger partial charge is 0.213 e. The van der Waals surface area contributed by atoms with Crippen LogP contribution in [0.25, 0.3) is 0 Å². The van der Waals surface area contributed by atoms with E-state index in [-0.39, 0.29) is 11.8 Å². The van der Waals surface area contributed by atoms with Crippen LogP contribution in [0.4, 0.5) is 0 Å². The molecule has 0 radical (unpaired) electrons. The first-order valence-corrected chi connectivity index (χ1v) is 7.93.